The van der Waals surface area contributed by atoms with E-state index in [1.54, 1.807) is 0 Å². The molecule has 1 atom stereocenters. The van der Waals surface area contributed by atoms with Gasteiger partial charge in [-0.3, -0.25) is 0 Å². The van der Waals surface area contributed by atoms with Gasteiger partial charge in [0.05, 0.1) is 4.83 Å². The number of hydrogen-bond donors (Lipinski definition) is 0. The standard InChI is InChI=1S/C9H11BrS/c10-9(7-3-1-4-7)8-5-2-6-11-8/h2,5-7,9H,1,3-4H2. The van der Waals surface area contributed by atoms with Gasteiger partial charge in [0.25, 0.3) is 0 Å². The Bertz CT molecular complexity index is 213. The first-order valence-corrected chi connectivity index (χ1v) is 5.85. The van der Waals surface area contributed by atoms with Crippen molar-refractivity contribution in [2.24, 2.45) is 5.92 Å². The summed E-state index contributed by atoms with van der Waals surface area (Å²) in [5.74, 6) is 0.911. The van der Waals surface area contributed by atoms with Crippen LogP contribution in [-0.4, -0.2) is 0 Å². The Morgan fingerprint density at radius 3 is 2.82 bits per heavy atom. The maximum Gasteiger partial charge on any atom is 0.0517 e. The third-order valence-corrected chi connectivity index (χ3v) is 4.88. The lowest BCUT2D eigenvalue weighted by molar-refractivity contribution is 0.314. The molecule has 60 valence electrons. The van der Waals surface area contributed by atoms with Crippen molar-refractivity contribution in [3.05, 3.63) is 22.4 Å². The Kier molecular flexibility index (Phi) is 2.33. The summed E-state index contributed by atoms with van der Waals surface area (Å²) in [6, 6.07) is 4.36. The van der Waals surface area contributed by atoms with Crippen molar-refractivity contribution >= 4 is 27.3 Å². The predicted octanol–water partition coefficient (Wildman–Crippen LogP) is 3.98. The molecule has 0 nitrogen and oxygen atoms in total. The van der Waals surface area contributed by atoms with Gasteiger partial charge in [-0.15, -0.1) is 11.3 Å². The van der Waals surface area contributed by atoms with E-state index >= 15 is 0 Å². The molecule has 1 aromatic rings. The molecule has 1 fully saturated rings. The summed E-state index contributed by atoms with van der Waals surface area (Å²) in [5, 5.41) is 2.16. The zero-order valence-electron chi connectivity index (χ0n) is 6.29. The second-order valence-electron chi connectivity index (χ2n) is 3.11. The van der Waals surface area contributed by atoms with Crippen molar-refractivity contribution in [2.45, 2.75) is 24.1 Å². The van der Waals surface area contributed by atoms with Crippen LogP contribution in [0.1, 0.15) is 29.0 Å². The van der Waals surface area contributed by atoms with Crippen molar-refractivity contribution in [1.29, 1.82) is 0 Å². The first kappa shape index (κ1) is 7.81. The Morgan fingerprint density at radius 1 is 1.55 bits per heavy atom. The lowest BCUT2D eigenvalue weighted by Gasteiger charge is -2.29. The molecule has 0 aliphatic heterocycles. The van der Waals surface area contributed by atoms with E-state index in [0.717, 1.165) is 5.92 Å². The number of halogens is 1. The Hall–Kier alpha value is 0.180. The summed E-state index contributed by atoms with van der Waals surface area (Å²) in [7, 11) is 0. The normalized spacial score (nSPS) is 21.2. The van der Waals surface area contributed by atoms with Gasteiger partial charge in [-0.2, -0.15) is 0 Å². The maximum atomic E-state index is 3.75. The first-order chi connectivity index (χ1) is 5.38. The largest absolute Gasteiger partial charge is 0.148 e. The van der Waals surface area contributed by atoms with Crippen LogP contribution in [0.15, 0.2) is 17.5 Å². The highest BCUT2D eigenvalue weighted by molar-refractivity contribution is 9.09. The van der Waals surface area contributed by atoms with Crippen LogP contribution < -0.4 is 0 Å². The van der Waals surface area contributed by atoms with Gasteiger partial charge >= 0.3 is 0 Å². The highest BCUT2D eigenvalue weighted by Gasteiger charge is 2.26. The SMILES string of the molecule is BrC(c1cccs1)C1CCC1. The average Bonchev–Trinajstić information content (AvgIpc) is 2.32. The van der Waals surface area contributed by atoms with Crippen molar-refractivity contribution in [3.63, 3.8) is 0 Å². The van der Waals surface area contributed by atoms with Crippen molar-refractivity contribution < 1.29 is 0 Å². The van der Waals surface area contributed by atoms with Crippen molar-refractivity contribution in [3.8, 4) is 0 Å². The molecule has 1 heterocycles. The molecular weight excluding hydrogens is 220 g/mol. The maximum absolute atomic E-state index is 3.75. The Morgan fingerprint density at radius 2 is 2.36 bits per heavy atom. The van der Waals surface area contributed by atoms with Gasteiger partial charge < -0.3 is 0 Å². The second-order valence-corrected chi connectivity index (χ2v) is 5.07. The summed E-state index contributed by atoms with van der Waals surface area (Å²) in [6.45, 7) is 0. The van der Waals surface area contributed by atoms with Crippen LogP contribution in [0, 0.1) is 5.92 Å². The van der Waals surface area contributed by atoms with Crippen LogP contribution in [0.4, 0.5) is 0 Å². The molecule has 1 saturated carbocycles. The van der Waals surface area contributed by atoms with E-state index in [-0.39, 0.29) is 0 Å². The van der Waals surface area contributed by atoms with E-state index in [1.165, 1.54) is 24.1 Å². The second kappa shape index (κ2) is 3.28. The molecule has 0 radical (unpaired) electrons. The van der Waals surface area contributed by atoms with E-state index in [0.29, 0.717) is 4.83 Å². The van der Waals surface area contributed by atoms with E-state index < -0.39 is 0 Å². The minimum atomic E-state index is 0.635. The molecule has 0 N–H and O–H groups in total. The number of rotatable bonds is 2. The quantitative estimate of drug-likeness (QED) is 0.675. The van der Waals surface area contributed by atoms with Crippen LogP contribution in [-0.2, 0) is 0 Å². The Labute approximate surface area is 79.8 Å². The summed E-state index contributed by atoms with van der Waals surface area (Å²) in [4.78, 5) is 2.13. The molecule has 0 spiro atoms. The van der Waals surface area contributed by atoms with E-state index in [1.807, 2.05) is 11.3 Å². The Balaban J connectivity index is 2.04. The molecular formula is C9H11BrS. The molecule has 0 amide bonds. The van der Waals surface area contributed by atoms with Crippen LogP contribution in [0.25, 0.3) is 0 Å². The molecule has 2 heteroatoms. The van der Waals surface area contributed by atoms with Gasteiger partial charge in [0.15, 0.2) is 0 Å². The summed E-state index contributed by atoms with van der Waals surface area (Å²) in [6.07, 6.45) is 4.25. The minimum Gasteiger partial charge on any atom is -0.148 e. The van der Waals surface area contributed by atoms with E-state index in [2.05, 4.69) is 33.4 Å². The highest BCUT2D eigenvalue weighted by Crippen LogP contribution is 2.44. The third kappa shape index (κ3) is 1.52. The predicted molar refractivity (Wildman–Crippen MR) is 53.3 cm³/mol. The van der Waals surface area contributed by atoms with Crippen LogP contribution in [0.5, 0.6) is 0 Å². The summed E-state index contributed by atoms with van der Waals surface area (Å²) in [5.41, 5.74) is 0. The highest BCUT2D eigenvalue weighted by atomic mass is 79.9. The van der Waals surface area contributed by atoms with Crippen molar-refractivity contribution in [2.75, 3.05) is 0 Å². The molecule has 0 bridgehead atoms. The molecule has 1 unspecified atom stereocenters. The van der Waals surface area contributed by atoms with Gasteiger partial charge in [0, 0.05) is 4.88 Å². The molecule has 1 aliphatic rings. The lowest BCUT2D eigenvalue weighted by atomic mass is 9.82. The van der Waals surface area contributed by atoms with Crippen molar-refractivity contribution in [1.82, 2.24) is 0 Å². The fourth-order valence-electron chi connectivity index (χ4n) is 1.41. The van der Waals surface area contributed by atoms with Gasteiger partial charge in [-0.25, -0.2) is 0 Å². The third-order valence-electron chi connectivity index (χ3n) is 2.38. The van der Waals surface area contributed by atoms with Gasteiger partial charge in [-0.05, 0) is 30.2 Å². The fraction of sp³-hybridized carbons (Fsp3) is 0.556. The first-order valence-electron chi connectivity index (χ1n) is 4.05. The number of alkyl halides is 1. The van der Waals surface area contributed by atoms with Crippen LogP contribution in [0.3, 0.4) is 0 Å². The van der Waals surface area contributed by atoms with Crippen LogP contribution >= 0.6 is 27.3 Å². The number of thiophene rings is 1. The van der Waals surface area contributed by atoms with Gasteiger partial charge in [-0.1, -0.05) is 28.4 Å². The molecule has 1 aromatic heterocycles. The molecule has 2 rings (SSSR count). The molecule has 11 heavy (non-hydrogen) atoms. The van der Waals surface area contributed by atoms with Gasteiger partial charge in [0.2, 0.25) is 0 Å². The fourth-order valence-corrected chi connectivity index (χ4v) is 3.21. The molecule has 0 saturated heterocycles. The smallest absolute Gasteiger partial charge is 0.0517 e. The van der Waals surface area contributed by atoms with E-state index in [4.69, 9.17) is 0 Å². The van der Waals surface area contributed by atoms with Crippen LogP contribution in [0.2, 0.25) is 0 Å². The zero-order valence-corrected chi connectivity index (χ0v) is 8.70. The summed E-state index contributed by atoms with van der Waals surface area (Å²) < 4.78 is 0. The summed E-state index contributed by atoms with van der Waals surface area (Å²) >= 11 is 5.61. The van der Waals surface area contributed by atoms with E-state index in [9.17, 15) is 0 Å². The average molecular weight is 231 g/mol. The monoisotopic (exact) mass is 230 g/mol. The lowest BCUT2D eigenvalue weighted by Crippen LogP contribution is -2.15. The molecule has 0 aromatic carbocycles. The zero-order chi connectivity index (χ0) is 7.68. The van der Waals surface area contributed by atoms with Gasteiger partial charge in [0.1, 0.15) is 0 Å². The number of hydrogen-bond acceptors (Lipinski definition) is 1. The molecule has 1 aliphatic carbocycles. The topological polar surface area (TPSA) is 0 Å². The minimum absolute atomic E-state index is 0.635.